The van der Waals surface area contributed by atoms with E-state index in [1.54, 1.807) is 14.2 Å². The van der Waals surface area contributed by atoms with E-state index < -0.39 is 0 Å². The van der Waals surface area contributed by atoms with Crippen LogP contribution in [0.5, 0.6) is 17.2 Å². The third-order valence-corrected chi connectivity index (χ3v) is 4.44. The fraction of sp³-hybridized carbons (Fsp3) is 0.647. The molecule has 0 saturated carbocycles. The van der Waals surface area contributed by atoms with E-state index in [0.29, 0.717) is 16.9 Å². The average Bonchev–Trinajstić information content (AvgIpc) is 2.89. The minimum Gasteiger partial charge on any atom is -0.502 e. The normalized spacial score (nSPS) is 19.8. The Hall–Kier alpha value is -1.42. The van der Waals surface area contributed by atoms with Crippen LogP contribution < -0.4 is 9.47 Å². The van der Waals surface area contributed by atoms with Gasteiger partial charge in [-0.3, -0.25) is 4.90 Å². The largest absolute Gasteiger partial charge is 0.502 e. The number of phenolic OH excluding ortho intramolecular Hbond substituents is 1. The Labute approximate surface area is 127 Å². The third kappa shape index (κ3) is 3.62. The minimum atomic E-state index is 0.0674. The Bertz CT molecular complexity index is 468. The summed E-state index contributed by atoms with van der Waals surface area (Å²) in [4.78, 5) is 2.46. The number of phenols is 1. The zero-order chi connectivity index (χ0) is 15.6. The molecule has 0 bridgehead atoms. The zero-order valence-corrected chi connectivity index (χ0v) is 13.8. The summed E-state index contributed by atoms with van der Waals surface area (Å²) in [5.74, 6) is 1.74. The van der Waals surface area contributed by atoms with Crippen LogP contribution in [0.1, 0.15) is 32.8 Å². The fourth-order valence-electron chi connectivity index (χ4n) is 2.98. The van der Waals surface area contributed by atoms with Crippen LogP contribution in [0, 0.1) is 11.3 Å². The molecule has 4 nitrogen and oxygen atoms in total. The van der Waals surface area contributed by atoms with Crippen molar-refractivity contribution in [2.75, 3.05) is 27.3 Å². The van der Waals surface area contributed by atoms with Gasteiger partial charge < -0.3 is 14.6 Å². The first-order valence-corrected chi connectivity index (χ1v) is 7.51. The van der Waals surface area contributed by atoms with E-state index in [2.05, 4.69) is 25.7 Å². The van der Waals surface area contributed by atoms with Gasteiger partial charge >= 0.3 is 0 Å². The summed E-state index contributed by atoms with van der Waals surface area (Å²) < 4.78 is 10.4. The van der Waals surface area contributed by atoms with E-state index in [1.807, 2.05) is 12.1 Å². The minimum absolute atomic E-state index is 0.0674. The van der Waals surface area contributed by atoms with Gasteiger partial charge in [-0.15, -0.1) is 0 Å². The van der Waals surface area contributed by atoms with E-state index in [4.69, 9.17) is 9.47 Å². The highest BCUT2D eigenvalue weighted by molar-refractivity contribution is 5.52. The van der Waals surface area contributed by atoms with E-state index in [-0.39, 0.29) is 5.75 Å². The van der Waals surface area contributed by atoms with E-state index in [9.17, 15) is 5.11 Å². The van der Waals surface area contributed by atoms with Crippen LogP contribution >= 0.6 is 0 Å². The summed E-state index contributed by atoms with van der Waals surface area (Å²) in [6.07, 6.45) is 1.25. The second-order valence-corrected chi connectivity index (χ2v) is 6.94. The Morgan fingerprint density at radius 2 is 1.76 bits per heavy atom. The molecule has 118 valence electrons. The van der Waals surface area contributed by atoms with E-state index in [0.717, 1.165) is 31.1 Å². The van der Waals surface area contributed by atoms with Crippen molar-refractivity contribution in [3.8, 4) is 17.2 Å². The second kappa shape index (κ2) is 6.14. The SMILES string of the molecule is COc1cc(CN2CCC(C(C)(C)C)C2)cc(OC)c1O. The molecule has 4 heteroatoms. The number of methoxy groups -OCH3 is 2. The highest BCUT2D eigenvalue weighted by Gasteiger charge is 2.31. The van der Waals surface area contributed by atoms with Crippen LogP contribution in [-0.4, -0.2) is 37.3 Å². The molecule has 2 rings (SSSR count). The Kier molecular flexibility index (Phi) is 4.67. The lowest BCUT2D eigenvalue weighted by Gasteiger charge is -2.27. The number of hydrogen-bond donors (Lipinski definition) is 1. The molecular formula is C17H27NO3. The van der Waals surface area contributed by atoms with Crippen LogP contribution in [0.15, 0.2) is 12.1 Å². The molecule has 1 atom stereocenters. The van der Waals surface area contributed by atoms with Gasteiger partial charge in [0.1, 0.15) is 0 Å². The van der Waals surface area contributed by atoms with Crippen molar-refractivity contribution in [1.29, 1.82) is 0 Å². The summed E-state index contributed by atoms with van der Waals surface area (Å²) in [6, 6.07) is 3.78. The van der Waals surface area contributed by atoms with Gasteiger partial charge in [0.2, 0.25) is 5.75 Å². The maximum absolute atomic E-state index is 9.96. The third-order valence-electron chi connectivity index (χ3n) is 4.44. The molecule has 0 aromatic heterocycles. The van der Waals surface area contributed by atoms with Crippen molar-refractivity contribution < 1.29 is 14.6 Å². The first-order chi connectivity index (χ1) is 9.85. The van der Waals surface area contributed by atoms with Crippen molar-refractivity contribution >= 4 is 0 Å². The highest BCUT2D eigenvalue weighted by atomic mass is 16.5. The first kappa shape index (κ1) is 16.0. The summed E-state index contributed by atoms with van der Waals surface area (Å²) in [5.41, 5.74) is 1.47. The van der Waals surface area contributed by atoms with E-state index in [1.165, 1.54) is 6.42 Å². The second-order valence-electron chi connectivity index (χ2n) is 6.94. The topological polar surface area (TPSA) is 41.9 Å². The molecular weight excluding hydrogens is 266 g/mol. The Morgan fingerprint density at radius 3 is 2.19 bits per heavy atom. The molecule has 1 aromatic carbocycles. The quantitative estimate of drug-likeness (QED) is 0.925. The Balaban J connectivity index is 2.10. The lowest BCUT2D eigenvalue weighted by atomic mass is 9.80. The number of benzene rings is 1. The molecule has 0 aliphatic carbocycles. The predicted octanol–water partition coefficient (Wildman–Crippen LogP) is 3.28. The molecule has 1 fully saturated rings. The molecule has 1 saturated heterocycles. The number of ether oxygens (including phenoxy) is 2. The van der Waals surface area contributed by atoms with Crippen LogP contribution in [0.2, 0.25) is 0 Å². The molecule has 1 aliphatic heterocycles. The standard InChI is InChI=1S/C17H27NO3/c1-17(2,3)13-6-7-18(11-13)10-12-8-14(20-4)16(19)15(9-12)21-5/h8-9,13,19H,6-7,10-11H2,1-5H3. The molecule has 21 heavy (non-hydrogen) atoms. The summed E-state index contributed by atoms with van der Waals surface area (Å²) >= 11 is 0. The lowest BCUT2D eigenvalue weighted by molar-refractivity contribution is 0.226. The smallest absolute Gasteiger partial charge is 0.200 e. The maximum Gasteiger partial charge on any atom is 0.200 e. The maximum atomic E-state index is 9.96. The first-order valence-electron chi connectivity index (χ1n) is 7.51. The van der Waals surface area contributed by atoms with Gasteiger partial charge in [0.25, 0.3) is 0 Å². The van der Waals surface area contributed by atoms with Crippen LogP contribution in [0.3, 0.4) is 0 Å². The number of nitrogens with zero attached hydrogens (tertiary/aromatic N) is 1. The molecule has 0 radical (unpaired) electrons. The monoisotopic (exact) mass is 293 g/mol. The zero-order valence-electron chi connectivity index (χ0n) is 13.8. The van der Waals surface area contributed by atoms with Crippen molar-refractivity contribution in [3.05, 3.63) is 17.7 Å². The number of hydrogen-bond acceptors (Lipinski definition) is 4. The molecule has 0 amide bonds. The lowest BCUT2D eigenvalue weighted by Crippen LogP contribution is -2.25. The summed E-state index contributed by atoms with van der Waals surface area (Å²) in [5, 5.41) is 9.96. The van der Waals surface area contributed by atoms with Gasteiger partial charge in [0.15, 0.2) is 11.5 Å². The van der Waals surface area contributed by atoms with Crippen molar-refractivity contribution in [1.82, 2.24) is 4.90 Å². The molecule has 1 heterocycles. The van der Waals surface area contributed by atoms with Crippen molar-refractivity contribution in [2.45, 2.75) is 33.7 Å². The summed E-state index contributed by atoms with van der Waals surface area (Å²) in [6.45, 7) is 10.0. The van der Waals surface area contributed by atoms with Crippen molar-refractivity contribution in [3.63, 3.8) is 0 Å². The van der Waals surface area contributed by atoms with E-state index >= 15 is 0 Å². The Morgan fingerprint density at radius 1 is 1.19 bits per heavy atom. The number of rotatable bonds is 4. The molecule has 1 aliphatic rings. The summed E-state index contributed by atoms with van der Waals surface area (Å²) in [7, 11) is 3.12. The predicted molar refractivity (Wildman–Crippen MR) is 84.0 cm³/mol. The van der Waals surface area contributed by atoms with Crippen molar-refractivity contribution in [2.24, 2.45) is 11.3 Å². The van der Waals surface area contributed by atoms with Gasteiger partial charge in [-0.05, 0) is 42.0 Å². The molecule has 0 spiro atoms. The van der Waals surface area contributed by atoms with Gasteiger partial charge in [-0.2, -0.15) is 0 Å². The molecule has 1 aromatic rings. The molecule has 1 N–H and O–H groups in total. The number of aromatic hydroxyl groups is 1. The molecule has 1 unspecified atom stereocenters. The fourth-order valence-corrected chi connectivity index (χ4v) is 2.98. The van der Waals surface area contributed by atoms with Gasteiger partial charge in [-0.25, -0.2) is 0 Å². The average molecular weight is 293 g/mol. The van der Waals surface area contributed by atoms with Gasteiger partial charge in [0.05, 0.1) is 14.2 Å². The van der Waals surface area contributed by atoms with Gasteiger partial charge in [0, 0.05) is 13.1 Å². The highest BCUT2D eigenvalue weighted by Crippen LogP contribution is 2.38. The van der Waals surface area contributed by atoms with Crippen LogP contribution in [0.4, 0.5) is 0 Å². The number of likely N-dealkylation sites (tertiary alicyclic amines) is 1. The van der Waals surface area contributed by atoms with Crippen LogP contribution in [-0.2, 0) is 6.54 Å². The van der Waals surface area contributed by atoms with Crippen LogP contribution in [0.25, 0.3) is 0 Å². The van der Waals surface area contributed by atoms with Gasteiger partial charge in [-0.1, -0.05) is 20.8 Å².